The molecule has 0 bridgehead atoms. The van der Waals surface area contributed by atoms with Gasteiger partial charge < -0.3 is 0 Å². The number of benzene rings is 2. The highest BCUT2D eigenvalue weighted by Crippen LogP contribution is 2.42. The zero-order chi connectivity index (χ0) is 19.1. The predicted octanol–water partition coefficient (Wildman–Crippen LogP) is 3.02. The Bertz CT molecular complexity index is 671. The molecule has 0 aliphatic carbocycles. The number of alkyl halides is 6. The van der Waals surface area contributed by atoms with Crippen LogP contribution < -0.4 is 21.7 Å². The Labute approximate surface area is 144 Å². The Morgan fingerprint density at radius 2 is 0.769 bits per heavy atom. The minimum Gasteiger partial charge on any atom is -0.223 e. The molecule has 2 fully saturated rings. The molecule has 0 aromatic heterocycles. The van der Waals surface area contributed by atoms with E-state index in [9.17, 15) is 26.3 Å². The van der Waals surface area contributed by atoms with E-state index in [2.05, 4.69) is 21.7 Å². The molecule has 0 amide bonds. The summed E-state index contributed by atoms with van der Waals surface area (Å²) >= 11 is 0. The monoisotopic (exact) mass is 376 g/mol. The number of hydrogen-bond donors (Lipinski definition) is 4. The summed E-state index contributed by atoms with van der Waals surface area (Å²) < 4.78 is 74.7. The maximum absolute atomic E-state index is 12.5. The highest BCUT2D eigenvalue weighted by molar-refractivity contribution is 5.30. The standard InChI is InChI=1S/2C8H7F3N2/c2*9-8(10,11)7(12-13-7)6-4-2-1-3-5-6/h2*1-5,12-13H. The van der Waals surface area contributed by atoms with Crippen molar-refractivity contribution in [1.29, 1.82) is 0 Å². The van der Waals surface area contributed by atoms with Gasteiger partial charge in [0.25, 0.3) is 0 Å². The molecule has 0 radical (unpaired) electrons. The molecule has 2 saturated heterocycles. The van der Waals surface area contributed by atoms with Crippen LogP contribution in [0.4, 0.5) is 26.3 Å². The molecule has 26 heavy (non-hydrogen) atoms. The van der Waals surface area contributed by atoms with E-state index in [1.165, 1.54) is 24.3 Å². The first-order valence-corrected chi connectivity index (χ1v) is 7.46. The first-order valence-electron chi connectivity index (χ1n) is 7.46. The molecule has 4 rings (SSSR count). The van der Waals surface area contributed by atoms with Crippen LogP contribution >= 0.6 is 0 Å². The zero-order valence-corrected chi connectivity index (χ0v) is 13.0. The quantitative estimate of drug-likeness (QED) is 0.479. The Hall–Kier alpha value is -2.14. The third-order valence-electron chi connectivity index (χ3n) is 4.01. The third kappa shape index (κ3) is 3.28. The molecule has 4 N–H and O–H groups in total. The van der Waals surface area contributed by atoms with Crippen LogP contribution in [0.15, 0.2) is 60.7 Å². The van der Waals surface area contributed by atoms with Crippen molar-refractivity contribution in [2.45, 2.75) is 23.7 Å². The second kappa shape index (κ2) is 6.23. The van der Waals surface area contributed by atoms with Crippen LogP contribution in [-0.2, 0) is 11.3 Å². The van der Waals surface area contributed by atoms with Crippen molar-refractivity contribution in [3.8, 4) is 0 Å². The van der Waals surface area contributed by atoms with Crippen molar-refractivity contribution in [3.63, 3.8) is 0 Å². The molecule has 0 spiro atoms. The van der Waals surface area contributed by atoms with Gasteiger partial charge >= 0.3 is 12.4 Å². The van der Waals surface area contributed by atoms with Gasteiger partial charge in [-0.25, -0.2) is 21.7 Å². The molecule has 0 saturated carbocycles. The van der Waals surface area contributed by atoms with Crippen LogP contribution in [0.25, 0.3) is 0 Å². The maximum atomic E-state index is 12.5. The molecule has 2 aliphatic rings. The van der Waals surface area contributed by atoms with Gasteiger partial charge in [0, 0.05) is 0 Å². The van der Waals surface area contributed by atoms with Crippen LogP contribution in [0.1, 0.15) is 11.1 Å². The van der Waals surface area contributed by atoms with Gasteiger partial charge in [-0.15, -0.1) is 0 Å². The summed E-state index contributed by atoms with van der Waals surface area (Å²) in [6, 6.07) is 15.4. The summed E-state index contributed by atoms with van der Waals surface area (Å²) in [4.78, 5) is 0. The van der Waals surface area contributed by atoms with E-state index in [0.717, 1.165) is 0 Å². The van der Waals surface area contributed by atoms with Crippen molar-refractivity contribution in [2.24, 2.45) is 0 Å². The molecule has 140 valence electrons. The van der Waals surface area contributed by atoms with E-state index in [4.69, 9.17) is 0 Å². The molecule has 2 aromatic rings. The molecular formula is C16H14F6N4. The molecule has 10 heteroatoms. The second-order valence-electron chi connectivity index (χ2n) is 5.73. The summed E-state index contributed by atoms with van der Waals surface area (Å²) in [7, 11) is 0. The van der Waals surface area contributed by atoms with E-state index >= 15 is 0 Å². The zero-order valence-electron chi connectivity index (χ0n) is 13.0. The molecule has 2 heterocycles. The largest absolute Gasteiger partial charge is 0.426 e. The minimum atomic E-state index is -4.31. The summed E-state index contributed by atoms with van der Waals surface area (Å²) in [6.07, 6.45) is -8.62. The number of nitrogens with one attached hydrogen (secondary N) is 4. The summed E-state index contributed by atoms with van der Waals surface area (Å²) in [5.41, 5.74) is 4.84. The first-order chi connectivity index (χ1) is 12.1. The average Bonchev–Trinajstić information content (AvgIpc) is 3.48. The Morgan fingerprint density at radius 1 is 0.500 bits per heavy atom. The fraction of sp³-hybridized carbons (Fsp3) is 0.250. The molecule has 0 atom stereocenters. The van der Waals surface area contributed by atoms with E-state index in [0.29, 0.717) is 0 Å². The smallest absolute Gasteiger partial charge is 0.223 e. The van der Waals surface area contributed by atoms with Crippen molar-refractivity contribution >= 4 is 0 Å². The summed E-state index contributed by atoms with van der Waals surface area (Å²) in [5, 5.41) is 0. The van der Waals surface area contributed by atoms with Gasteiger partial charge in [-0.3, -0.25) is 0 Å². The molecule has 2 aromatic carbocycles. The van der Waals surface area contributed by atoms with Gasteiger partial charge in [-0.05, 0) is 11.1 Å². The van der Waals surface area contributed by atoms with Crippen molar-refractivity contribution in [1.82, 2.24) is 21.7 Å². The third-order valence-corrected chi connectivity index (χ3v) is 4.01. The second-order valence-corrected chi connectivity index (χ2v) is 5.73. The lowest BCUT2D eigenvalue weighted by Gasteiger charge is -2.15. The van der Waals surface area contributed by atoms with Gasteiger partial charge in [0.15, 0.2) is 0 Å². The van der Waals surface area contributed by atoms with E-state index in [1.54, 1.807) is 36.4 Å². The highest BCUT2D eigenvalue weighted by Gasteiger charge is 2.65. The van der Waals surface area contributed by atoms with Crippen molar-refractivity contribution < 1.29 is 26.3 Å². The summed E-state index contributed by atoms with van der Waals surface area (Å²) in [5.74, 6) is 0. The number of rotatable bonds is 2. The normalized spacial score (nSPS) is 19.9. The minimum absolute atomic E-state index is 0.183. The molecule has 2 aliphatic heterocycles. The SMILES string of the molecule is FC(F)(F)C1(c2ccccc2)NN1.FC(F)(F)C1(c2ccccc2)NN1. The van der Waals surface area contributed by atoms with Crippen molar-refractivity contribution in [3.05, 3.63) is 71.8 Å². The highest BCUT2D eigenvalue weighted by atomic mass is 19.4. The van der Waals surface area contributed by atoms with Gasteiger partial charge in [-0.2, -0.15) is 26.3 Å². The number of halogens is 6. The van der Waals surface area contributed by atoms with Gasteiger partial charge in [-0.1, -0.05) is 60.7 Å². The van der Waals surface area contributed by atoms with Crippen LogP contribution in [0.2, 0.25) is 0 Å². The van der Waals surface area contributed by atoms with Gasteiger partial charge in [0.05, 0.1) is 0 Å². The molecule has 0 unspecified atom stereocenters. The van der Waals surface area contributed by atoms with Crippen molar-refractivity contribution in [2.75, 3.05) is 0 Å². The van der Waals surface area contributed by atoms with Crippen LogP contribution in [0.5, 0.6) is 0 Å². The van der Waals surface area contributed by atoms with Crippen LogP contribution in [-0.4, -0.2) is 12.4 Å². The topological polar surface area (TPSA) is 87.8 Å². The Morgan fingerprint density at radius 3 is 0.962 bits per heavy atom. The number of hydrazine groups is 2. The van der Waals surface area contributed by atoms with Gasteiger partial charge in [0.2, 0.25) is 11.3 Å². The lowest BCUT2D eigenvalue weighted by atomic mass is 10.0. The maximum Gasteiger partial charge on any atom is 0.426 e. The lowest BCUT2D eigenvalue weighted by molar-refractivity contribution is -0.166. The van der Waals surface area contributed by atoms with E-state index < -0.39 is 23.7 Å². The average molecular weight is 376 g/mol. The lowest BCUT2D eigenvalue weighted by Crippen LogP contribution is -2.34. The predicted molar refractivity (Wildman–Crippen MR) is 80.9 cm³/mol. The molecular weight excluding hydrogens is 362 g/mol. The molecule has 4 nitrogen and oxygen atoms in total. The van der Waals surface area contributed by atoms with Crippen LogP contribution in [0, 0.1) is 0 Å². The van der Waals surface area contributed by atoms with Crippen LogP contribution in [0.3, 0.4) is 0 Å². The first kappa shape index (κ1) is 18.6. The van der Waals surface area contributed by atoms with Gasteiger partial charge in [0.1, 0.15) is 0 Å². The Kier molecular flexibility index (Phi) is 4.47. The fourth-order valence-corrected chi connectivity index (χ4v) is 2.40. The van der Waals surface area contributed by atoms with E-state index in [1.807, 2.05) is 0 Å². The van der Waals surface area contributed by atoms with E-state index in [-0.39, 0.29) is 11.1 Å². The fourth-order valence-electron chi connectivity index (χ4n) is 2.40. The number of hydrogen-bond acceptors (Lipinski definition) is 4. The summed E-state index contributed by atoms with van der Waals surface area (Å²) in [6.45, 7) is 0. The Balaban J connectivity index is 0.000000151.